The molecule has 0 bridgehead atoms. The smallest absolute Gasteiger partial charge is 0.409 e. The monoisotopic (exact) mass is 593 g/mol. The summed E-state index contributed by atoms with van der Waals surface area (Å²) < 4.78 is 12.3. The highest BCUT2D eigenvalue weighted by Crippen LogP contribution is 2.34. The number of amides is 2. The fourth-order valence-corrected chi connectivity index (χ4v) is 6.08. The van der Waals surface area contributed by atoms with E-state index in [1.54, 1.807) is 42.2 Å². The van der Waals surface area contributed by atoms with Crippen LogP contribution in [-0.2, 0) is 16.0 Å². The molecule has 2 aromatic heterocycles. The second-order valence-corrected chi connectivity index (χ2v) is 11.4. The second kappa shape index (κ2) is 12.3. The van der Waals surface area contributed by atoms with Crippen LogP contribution >= 0.6 is 24.0 Å². The van der Waals surface area contributed by atoms with Crippen LogP contribution in [0, 0.1) is 6.92 Å². The second-order valence-electron chi connectivity index (χ2n) is 9.69. The average Bonchev–Trinajstić information content (AvgIpc) is 3.25. The lowest BCUT2D eigenvalue weighted by Crippen LogP contribution is -2.49. The van der Waals surface area contributed by atoms with Gasteiger partial charge < -0.3 is 19.3 Å². The maximum atomic E-state index is 13.8. The van der Waals surface area contributed by atoms with Gasteiger partial charge in [-0.25, -0.2) is 9.78 Å². The van der Waals surface area contributed by atoms with Gasteiger partial charge in [0.15, 0.2) is 0 Å². The van der Waals surface area contributed by atoms with E-state index in [2.05, 4.69) is 0 Å². The molecule has 214 valence electrons. The summed E-state index contributed by atoms with van der Waals surface area (Å²) >= 11 is 6.74. The van der Waals surface area contributed by atoms with Gasteiger partial charge in [0.05, 0.1) is 24.2 Å². The van der Waals surface area contributed by atoms with Gasteiger partial charge in [0.25, 0.3) is 11.5 Å². The van der Waals surface area contributed by atoms with Crippen LogP contribution in [0.5, 0.6) is 5.75 Å². The number of fused-ring (bicyclic) bond motifs is 1. The van der Waals surface area contributed by atoms with Gasteiger partial charge in [-0.3, -0.25) is 18.9 Å². The average molecular weight is 594 g/mol. The minimum Gasteiger partial charge on any atom is -0.497 e. The molecule has 0 aliphatic carbocycles. The quantitative estimate of drug-likeness (QED) is 0.300. The summed E-state index contributed by atoms with van der Waals surface area (Å²) in [5.74, 6) is 1.01. The summed E-state index contributed by atoms with van der Waals surface area (Å²) in [5, 5.41) is 0. The molecule has 0 spiro atoms. The number of hydrogen-bond donors (Lipinski definition) is 0. The minimum absolute atomic E-state index is 0.236. The Labute approximate surface area is 247 Å². The molecular formula is C29H31N5O5S2. The number of ether oxygens (including phenoxy) is 2. The number of carbonyl (C=O) groups excluding carboxylic acids is 2. The van der Waals surface area contributed by atoms with E-state index in [0.717, 1.165) is 16.9 Å². The lowest BCUT2D eigenvalue weighted by atomic mass is 10.1. The van der Waals surface area contributed by atoms with Crippen LogP contribution in [0.2, 0.25) is 0 Å². The molecule has 0 radical (unpaired) electrons. The fraction of sp³-hybridized carbons (Fsp3) is 0.345. The lowest BCUT2D eigenvalue weighted by molar-refractivity contribution is -0.122. The topological polar surface area (TPSA) is 96.7 Å². The van der Waals surface area contributed by atoms with Crippen molar-refractivity contribution in [2.75, 3.05) is 51.3 Å². The number of aromatic nitrogens is 2. The molecule has 4 heterocycles. The molecule has 12 heteroatoms. The first kappa shape index (κ1) is 28.6. The third kappa shape index (κ3) is 6.08. The highest BCUT2D eigenvalue weighted by Gasteiger charge is 2.33. The molecule has 0 atom stereocenters. The number of aryl methyl sites for hydroxylation is 1. The number of nitrogens with zero attached hydrogens (tertiary/aromatic N) is 5. The van der Waals surface area contributed by atoms with Gasteiger partial charge in [0.1, 0.15) is 21.5 Å². The molecule has 10 nitrogen and oxygen atoms in total. The summed E-state index contributed by atoms with van der Waals surface area (Å²) in [6.07, 6.45) is 3.63. The van der Waals surface area contributed by atoms with E-state index in [-0.39, 0.29) is 17.6 Å². The molecular weight excluding hydrogens is 562 g/mol. The normalized spacial score (nSPS) is 16.7. The van der Waals surface area contributed by atoms with Crippen molar-refractivity contribution in [2.24, 2.45) is 0 Å². The summed E-state index contributed by atoms with van der Waals surface area (Å²) in [6, 6.07) is 11.4. The van der Waals surface area contributed by atoms with Crippen LogP contribution in [0.3, 0.4) is 0 Å². The molecule has 2 aliphatic heterocycles. The van der Waals surface area contributed by atoms with Crippen LogP contribution < -0.4 is 15.2 Å². The Morgan fingerprint density at radius 2 is 1.83 bits per heavy atom. The van der Waals surface area contributed by atoms with Crippen molar-refractivity contribution in [1.29, 1.82) is 0 Å². The lowest BCUT2D eigenvalue weighted by Gasteiger charge is -2.35. The van der Waals surface area contributed by atoms with Crippen molar-refractivity contribution < 1.29 is 19.1 Å². The molecule has 0 saturated carbocycles. The van der Waals surface area contributed by atoms with Crippen LogP contribution in [0.15, 0.2) is 52.3 Å². The Morgan fingerprint density at radius 3 is 2.51 bits per heavy atom. The molecule has 2 fully saturated rings. The van der Waals surface area contributed by atoms with Crippen molar-refractivity contribution in [1.82, 2.24) is 19.2 Å². The number of anilines is 1. The summed E-state index contributed by atoms with van der Waals surface area (Å²) in [5.41, 5.74) is 2.51. The SMILES string of the molecule is CCOC(=O)N1CCN(c2nc3ccc(C)cn3c(=O)c2C=C2SC(=S)N(CCc3ccc(OC)cc3)C2=O)CC1. The molecule has 41 heavy (non-hydrogen) atoms. The molecule has 5 rings (SSSR count). The number of methoxy groups -OCH3 is 1. The number of pyridine rings is 1. The molecule has 2 saturated heterocycles. The molecule has 3 aromatic rings. The van der Waals surface area contributed by atoms with Crippen LogP contribution in [0.4, 0.5) is 10.6 Å². The van der Waals surface area contributed by atoms with E-state index in [9.17, 15) is 14.4 Å². The van der Waals surface area contributed by atoms with E-state index in [1.807, 2.05) is 42.2 Å². The van der Waals surface area contributed by atoms with Crippen molar-refractivity contribution in [2.45, 2.75) is 20.3 Å². The number of benzene rings is 1. The third-order valence-electron chi connectivity index (χ3n) is 7.02. The molecule has 0 N–H and O–H groups in total. The maximum absolute atomic E-state index is 13.8. The van der Waals surface area contributed by atoms with Crippen LogP contribution in [0.25, 0.3) is 11.7 Å². The summed E-state index contributed by atoms with van der Waals surface area (Å²) in [7, 11) is 1.62. The van der Waals surface area contributed by atoms with Crippen molar-refractivity contribution in [3.8, 4) is 5.75 Å². The number of rotatable bonds is 7. The number of thioether (sulfide) groups is 1. The highest BCUT2D eigenvalue weighted by atomic mass is 32.2. The van der Waals surface area contributed by atoms with Gasteiger partial charge in [-0.15, -0.1) is 0 Å². The number of hydrogen-bond acceptors (Lipinski definition) is 9. The summed E-state index contributed by atoms with van der Waals surface area (Å²) in [6.45, 7) is 6.21. The molecule has 1 aromatic carbocycles. The highest BCUT2D eigenvalue weighted by molar-refractivity contribution is 8.26. The van der Waals surface area contributed by atoms with E-state index in [0.29, 0.717) is 72.0 Å². The van der Waals surface area contributed by atoms with Gasteiger partial charge in [-0.05, 0) is 55.7 Å². The Morgan fingerprint density at radius 1 is 1.10 bits per heavy atom. The zero-order valence-electron chi connectivity index (χ0n) is 23.2. The number of piperazine rings is 1. The Hall–Kier alpha value is -3.90. The fourth-order valence-electron chi connectivity index (χ4n) is 4.79. The molecule has 2 amide bonds. The van der Waals surface area contributed by atoms with Gasteiger partial charge in [0, 0.05) is 38.9 Å². The van der Waals surface area contributed by atoms with Crippen molar-refractivity contribution in [3.05, 3.63) is 74.5 Å². The van der Waals surface area contributed by atoms with E-state index < -0.39 is 0 Å². The summed E-state index contributed by atoms with van der Waals surface area (Å²) in [4.78, 5) is 49.9. The zero-order chi connectivity index (χ0) is 29.1. The predicted octanol–water partition coefficient (Wildman–Crippen LogP) is 3.73. The van der Waals surface area contributed by atoms with E-state index >= 15 is 0 Å². The maximum Gasteiger partial charge on any atom is 0.409 e. The number of thiocarbonyl (C=S) groups is 1. The first-order valence-corrected chi connectivity index (χ1v) is 14.6. The third-order valence-corrected chi connectivity index (χ3v) is 8.40. The van der Waals surface area contributed by atoms with Crippen molar-refractivity contribution in [3.63, 3.8) is 0 Å². The van der Waals surface area contributed by atoms with Crippen LogP contribution in [-0.4, -0.2) is 81.9 Å². The minimum atomic E-state index is -0.354. The molecule has 0 unspecified atom stereocenters. The predicted molar refractivity (Wildman–Crippen MR) is 164 cm³/mol. The standard InChI is InChI=1S/C29H31N5O5S2/c1-4-39-28(37)32-15-13-31(14-16-32)25-22(26(35)34-18-19(2)5-10-24(34)30-25)17-23-27(36)33(29(40)41-23)12-11-20-6-8-21(38-3)9-7-20/h5-10,17-18H,4,11-16H2,1-3H3. The largest absolute Gasteiger partial charge is 0.497 e. The Balaban J connectivity index is 1.44. The van der Waals surface area contributed by atoms with E-state index in [1.165, 1.54) is 16.2 Å². The van der Waals surface area contributed by atoms with Crippen molar-refractivity contribution >= 4 is 57.8 Å². The van der Waals surface area contributed by atoms with Crippen LogP contribution in [0.1, 0.15) is 23.6 Å². The van der Waals surface area contributed by atoms with Gasteiger partial charge in [-0.1, -0.05) is 42.2 Å². The molecule has 2 aliphatic rings. The van der Waals surface area contributed by atoms with Gasteiger partial charge >= 0.3 is 6.09 Å². The Kier molecular flexibility index (Phi) is 8.60. The van der Waals surface area contributed by atoms with E-state index in [4.69, 9.17) is 26.7 Å². The first-order valence-electron chi connectivity index (χ1n) is 13.4. The Bertz CT molecular complexity index is 1580. The zero-order valence-corrected chi connectivity index (χ0v) is 24.8. The van der Waals surface area contributed by atoms with Gasteiger partial charge in [-0.2, -0.15) is 0 Å². The number of carbonyl (C=O) groups is 2. The first-order chi connectivity index (χ1) is 19.8. The van der Waals surface area contributed by atoms with Gasteiger partial charge in [0.2, 0.25) is 0 Å².